The van der Waals surface area contributed by atoms with Gasteiger partial charge in [0.05, 0.1) is 11.0 Å². The lowest BCUT2D eigenvalue weighted by molar-refractivity contribution is 0.114. The van der Waals surface area contributed by atoms with Crippen molar-refractivity contribution in [3.8, 4) is 0 Å². The number of hydrogen-bond acceptors (Lipinski definition) is 4. The molecule has 5 nitrogen and oxygen atoms in total. The molecule has 2 N–H and O–H groups in total. The third-order valence-electron chi connectivity index (χ3n) is 4.34. The zero-order chi connectivity index (χ0) is 16.3. The largest absolute Gasteiger partial charge is 0.393 e. The molecule has 1 aromatic rings. The maximum atomic E-state index is 12.0. The van der Waals surface area contributed by atoms with Gasteiger partial charge in [0.2, 0.25) is 10.0 Å². The lowest BCUT2D eigenvalue weighted by atomic mass is 9.92. The third-order valence-corrected chi connectivity index (χ3v) is 6.17. The Bertz CT molecular complexity index is 576. The summed E-state index contributed by atoms with van der Waals surface area (Å²) in [6.07, 6.45) is 3.52. The van der Waals surface area contributed by atoms with Crippen molar-refractivity contribution >= 4 is 10.0 Å². The smallest absolute Gasteiger partial charge is 0.242 e. The van der Waals surface area contributed by atoms with Crippen LogP contribution in [0.2, 0.25) is 0 Å². The summed E-state index contributed by atoms with van der Waals surface area (Å²) in [4.78, 5) is 0.314. The molecule has 0 heterocycles. The maximum Gasteiger partial charge on any atom is 0.242 e. The summed E-state index contributed by atoms with van der Waals surface area (Å²) in [6.45, 7) is 2.08. The SMILES string of the molecule is CC(NC1CCC(O)CC1)c1ccc(S(=O)(=O)N(C)C)cc1. The lowest BCUT2D eigenvalue weighted by Gasteiger charge is -2.29. The maximum absolute atomic E-state index is 12.0. The second kappa shape index (κ2) is 7.08. The van der Waals surface area contributed by atoms with Crippen molar-refractivity contribution in [2.24, 2.45) is 0 Å². The Morgan fingerprint density at radius 1 is 1.14 bits per heavy atom. The molecular weight excluding hydrogens is 300 g/mol. The number of sulfonamides is 1. The normalized spacial score (nSPS) is 24.4. The molecule has 2 rings (SSSR count). The van der Waals surface area contributed by atoms with Crippen LogP contribution in [0.3, 0.4) is 0 Å². The second-order valence-electron chi connectivity index (χ2n) is 6.25. The highest BCUT2D eigenvalue weighted by Crippen LogP contribution is 2.23. The summed E-state index contributed by atoms with van der Waals surface area (Å²) in [5.74, 6) is 0. The third kappa shape index (κ3) is 4.07. The van der Waals surface area contributed by atoms with Gasteiger partial charge in [-0.3, -0.25) is 0 Å². The Kier molecular flexibility index (Phi) is 5.60. The predicted octanol–water partition coefficient (Wildman–Crippen LogP) is 1.89. The topological polar surface area (TPSA) is 69.6 Å². The Morgan fingerprint density at radius 2 is 1.68 bits per heavy atom. The highest BCUT2D eigenvalue weighted by Gasteiger charge is 2.21. The van der Waals surface area contributed by atoms with Gasteiger partial charge in [-0.1, -0.05) is 12.1 Å². The zero-order valence-corrected chi connectivity index (χ0v) is 14.3. The molecule has 0 bridgehead atoms. The zero-order valence-electron chi connectivity index (χ0n) is 13.5. The minimum atomic E-state index is -3.37. The molecule has 124 valence electrons. The Hall–Kier alpha value is -0.950. The van der Waals surface area contributed by atoms with Crippen molar-refractivity contribution in [3.63, 3.8) is 0 Å². The number of aliphatic hydroxyl groups is 1. The molecule has 0 amide bonds. The lowest BCUT2D eigenvalue weighted by Crippen LogP contribution is -2.36. The van der Waals surface area contributed by atoms with Gasteiger partial charge in [-0.15, -0.1) is 0 Å². The summed E-state index contributed by atoms with van der Waals surface area (Å²) >= 11 is 0. The molecule has 0 aromatic heterocycles. The summed E-state index contributed by atoms with van der Waals surface area (Å²) < 4.78 is 25.3. The van der Waals surface area contributed by atoms with Crippen molar-refractivity contribution in [3.05, 3.63) is 29.8 Å². The number of rotatable bonds is 5. The van der Waals surface area contributed by atoms with E-state index in [2.05, 4.69) is 12.2 Å². The van der Waals surface area contributed by atoms with E-state index in [1.165, 1.54) is 18.4 Å². The van der Waals surface area contributed by atoms with Crippen LogP contribution >= 0.6 is 0 Å². The first-order valence-corrected chi connectivity index (χ1v) is 9.21. The van der Waals surface area contributed by atoms with Gasteiger partial charge in [0.1, 0.15) is 0 Å². The fourth-order valence-electron chi connectivity index (χ4n) is 2.83. The van der Waals surface area contributed by atoms with Crippen molar-refractivity contribution < 1.29 is 13.5 Å². The molecule has 0 radical (unpaired) electrons. The van der Waals surface area contributed by atoms with E-state index in [1.807, 2.05) is 12.1 Å². The van der Waals surface area contributed by atoms with Crippen LogP contribution in [0.4, 0.5) is 0 Å². The van der Waals surface area contributed by atoms with Gasteiger partial charge in [-0.2, -0.15) is 0 Å². The molecule has 0 spiro atoms. The predicted molar refractivity (Wildman–Crippen MR) is 87.1 cm³/mol. The minimum absolute atomic E-state index is 0.149. The molecule has 1 atom stereocenters. The van der Waals surface area contributed by atoms with Gasteiger partial charge in [0, 0.05) is 26.2 Å². The average Bonchev–Trinajstić information content (AvgIpc) is 2.49. The van der Waals surface area contributed by atoms with Gasteiger partial charge in [0.25, 0.3) is 0 Å². The van der Waals surface area contributed by atoms with Crippen LogP contribution in [0.15, 0.2) is 29.2 Å². The molecule has 22 heavy (non-hydrogen) atoms. The number of hydrogen-bond donors (Lipinski definition) is 2. The van der Waals surface area contributed by atoms with Crippen LogP contribution in [0, 0.1) is 0 Å². The van der Waals surface area contributed by atoms with Crippen molar-refractivity contribution in [1.29, 1.82) is 0 Å². The van der Waals surface area contributed by atoms with Crippen LogP contribution in [0.25, 0.3) is 0 Å². The fraction of sp³-hybridized carbons (Fsp3) is 0.625. The van der Waals surface area contributed by atoms with Crippen LogP contribution in [0.1, 0.15) is 44.2 Å². The van der Waals surface area contributed by atoms with Crippen LogP contribution in [-0.2, 0) is 10.0 Å². The van der Waals surface area contributed by atoms with Crippen LogP contribution in [0.5, 0.6) is 0 Å². The molecule has 1 aromatic carbocycles. The van der Waals surface area contributed by atoms with E-state index in [-0.39, 0.29) is 12.1 Å². The van der Waals surface area contributed by atoms with Gasteiger partial charge in [0.15, 0.2) is 0 Å². The average molecular weight is 326 g/mol. The number of nitrogens with zero attached hydrogens (tertiary/aromatic N) is 1. The molecule has 1 saturated carbocycles. The standard InChI is InChI=1S/C16H26N2O3S/c1-12(17-14-6-8-15(19)9-7-14)13-4-10-16(11-5-13)22(20,21)18(2)3/h4-5,10-12,14-15,17,19H,6-9H2,1-3H3. The molecule has 1 unspecified atom stereocenters. The van der Waals surface area contributed by atoms with Gasteiger partial charge >= 0.3 is 0 Å². The number of benzene rings is 1. The first-order valence-electron chi connectivity index (χ1n) is 7.77. The van der Waals surface area contributed by atoms with E-state index >= 15 is 0 Å². The van der Waals surface area contributed by atoms with E-state index in [1.54, 1.807) is 12.1 Å². The molecule has 1 fully saturated rings. The minimum Gasteiger partial charge on any atom is -0.393 e. The van der Waals surface area contributed by atoms with Crippen LogP contribution in [-0.4, -0.2) is 44.1 Å². The van der Waals surface area contributed by atoms with Gasteiger partial charge < -0.3 is 10.4 Å². The van der Waals surface area contributed by atoms with Gasteiger partial charge in [-0.25, -0.2) is 12.7 Å². The monoisotopic (exact) mass is 326 g/mol. The van der Waals surface area contributed by atoms with E-state index < -0.39 is 10.0 Å². The van der Waals surface area contributed by atoms with E-state index in [9.17, 15) is 13.5 Å². The first kappa shape index (κ1) is 17.4. The number of aliphatic hydroxyl groups excluding tert-OH is 1. The van der Waals surface area contributed by atoms with Crippen molar-refractivity contribution in [1.82, 2.24) is 9.62 Å². The van der Waals surface area contributed by atoms with Crippen molar-refractivity contribution in [2.45, 2.75) is 55.7 Å². The molecule has 1 aliphatic rings. The quantitative estimate of drug-likeness (QED) is 0.867. The Balaban J connectivity index is 2.01. The summed E-state index contributed by atoms with van der Waals surface area (Å²) in [5.41, 5.74) is 1.07. The molecule has 0 saturated heterocycles. The van der Waals surface area contributed by atoms with Crippen molar-refractivity contribution in [2.75, 3.05) is 14.1 Å². The second-order valence-corrected chi connectivity index (χ2v) is 8.40. The van der Waals surface area contributed by atoms with Crippen LogP contribution < -0.4 is 5.32 Å². The van der Waals surface area contributed by atoms with E-state index in [0.29, 0.717) is 10.9 Å². The molecular formula is C16H26N2O3S. The highest BCUT2D eigenvalue weighted by atomic mass is 32.2. The Morgan fingerprint density at radius 3 is 2.18 bits per heavy atom. The summed E-state index contributed by atoms with van der Waals surface area (Å²) in [5, 5.41) is 13.1. The Labute approximate surface area is 133 Å². The molecule has 6 heteroatoms. The summed E-state index contributed by atoms with van der Waals surface area (Å²) in [6, 6.07) is 7.64. The van der Waals surface area contributed by atoms with E-state index in [0.717, 1.165) is 31.2 Å². The van der Waals surface area contributed by atoms with Gasteiger partial charge in [-0.05, 0) is 50.3 Å². The van der Waals surface area contributed by atoms with E-state index in [4.69, 9.17) is 0 Å². The summed E-state index contributed by atoms with van der Waals surface area (Å²) in [7, 11) is -0.302. The molecule has 0 aliphatic heterocycles. The molecule has 1 aliphatic carbocycles. The first-order chi connectivity index (χ1) is 10.3. The highest BCUT2D eigenvalue weighted by molar-refractivity contribution is 7.89. The fourth-order valence-corrected chi connectivity index (χ4v) is 3.73. The number of nitrogens with one attached hydrogen (secondary N) is 1.